The Hall–Kier alpha value is -0.870. The molecule has 0 saturated heterocycles. The first-order valence-electron chi connectivity index (χ1n) is 3.80. The lowest BCUT2D eigenvalue weighted by molar-refractivity contribution is -0.120. The standard InChI is InChI=1S/C8H15NO3/c1-3-4-8(12)7(5-10)9-6(2)11/h3-4,7-8,10,12H,5H2,1-2H3,(H,9,11)/b4-3+. The van der Waals surface area contributed by atoms with Crippen molar-refractivity contribution in [3.63, 3.8) is 0 Å². The lowest BCUT2D eigenvalue weighted by Crippen LogP contribution is -2.44. The molecular formula is C8H15NO3. The molecule has 0 aromatic heterocycles. The highest BCUT2D eigenvalue weighted by Crippen LogP contribution is 1.94. The molecule has 4 nitrogen and oxygen atoms in total. The average molecular weight is 173 g/mol. The number of hydrogen-bond acceptors (Lipinski definition) is 3. The fraction of sp³-hybridized carbons (Fsp3) is 0.625. The quantitative estimate of drug-likeness (QED) is 0.498. The molecule has 70 valence electrons. The molecular weight excluding hydrogens is 158 g/mol. The van der Waals surface area contributed by atoms with Gasteiger partial charge in [-0.15, -0.1) is 0 Å². The summed E-state index contributed by atoms with van der Waals surface area (Å²) in [5.41, 5.74) is 0. The second-order valence-corrected chi connectivity index (χ2v) is 2.51. The molecule has 3 N–H and O–H groups in total. The van der Waals surface area contributed by atoms with Gasteiger partial charge in [0.25, 0.3) is 0 Å². The van der Waals surface area contributed by atoms with Crippen molar-refractivity contribution >= 4 is 5.91 Å². The molecule has 0 aromatic rings. The molecule has 0 aliphatic carbocycles. The van der Waals surface area contributed by atoms with Gasteiger partial charge in [-0.1, -0.05) is 12.2 Å². The van der Waals surface area contributed by atoms with Crippen molar-refractivity contribution in [3.05, 3.63) is 12.2 Å². The fourth-order valence-corrected chi connectivity index (χ4v) is 0.831. The van der Waals surface area contributed by atoms with E-state index in [2.05, 4.69) is 5.32 Å². The SMILES string of the molecule is C/C=C/C(O)C(CO)NC(C)=O. The van der Waals surface area contributed by atoms with Gasteiger partial charge < -0.3 is 15.5 Å². The number of aliphatic hydroxyl groups is 2. The van der Waals surface area contributed by atoms with Crippen molar-refractivity contribution in [1.82, 2.24) is 5.32 Å². The zero-order valence-corrected chi connectivity index (χ0v) is 7.32. The van der Waals surface area contributed by atoms with Crippen molar-refractivity contribution in [3.8, 4) is 0 Å². The van der Waals surface area contributed by atoms with Gasteiger partial charge in [-0.25, -0.2) is 0 Å². The van der Waals surface area contributed by atoms with E-state index in [4.69, 9.17) is 5.11 Å². The van der Waals surface area contributed by atoms with Crippen LogP contribution in [0.1, 0.15) is 13.8 Å². The van der Waals surface area contributed by atoms with Crippen molar-refractivity contribution in [2.75, 3.05) is 6.61 Å². The largest absolute Gasteiger partial charge is 0.394 e. The van der Waals surface area contributed by atoms with Crippen LogP contribution in [0.15, 0.2) is 12.2 Å². The summed E-state index contributed by atoms with van der Waals surface area (Å²) in [5, 5.41) is 20.5. The third-order valence-electron chi connectivity index (χ3n) is 1.39. The molecule has 2 unspecified atom stereocenters. The number of allylic oxidation sites excluding steroid dienone is 1. The van der Waals surface area contributed by atoms with Crippen LogP contribution in [0.25, 0.3) is 0 Å². The summed E-state index contributed by atoms with van der Waals surface area (Å²) < 4.78 is 0. The first kappa shape index (κ1) is 11.1. The van der Waals surface area contributed by atoms with Crippen molar-refractivity contribution < 1.29 is 15.0 Å². The van der Waals surface area contributed by atoms with Crippen molar-refractivity contribution in [2.45, 2.75) is 26.0 Å². The summed E-state index contributed by atoms with van der Waals surface area (Å²) in [6.07, 6.45) is 2.34. The van der Waals surface area contributed by atoms with Crippen LogP contribution in [-0.2, 0) is 4.79 Å². The first-order valence-corrected chi connectivity index (χ1v) is 3.80. The zero-order chi connectivity index (χ0) is 9.56. The third kappa shape index (κ3) is 4.10. The Kier molecular flexibility index (Phi) is 5.32. The Morgan fingerprint density at radius 3 is 2.58 bits per heavy atom. The topological polar surface area (TPSA) is 69.6 Å². The molecule has 0 fully saturated rings. The van der Waals surface area contributed by atoms with Gasteiger partial charge in [0.05, 0.1) is 18.8 Å². The Morgan fingerprint density at radius 2 is 2.25 bits per heavy atom. The number of carbonyl (C=O) groups excluding carboxylic acids is 1. The van der Waals surface area contributed by atoms with E-state index in [0.29, 0.717) is 0 Å². The van der Waals surface area contributed by atoms with Gasteiger partial charge in [-0.05, 0) is 6.92 Å². The molecule has 0 aliphatic heterocycles. The zero-order valence-electron chi connectivity index (χ0n) is 7.32. The van der Waals surface area contributed by atoms with Gasteiger partial charge in [0.2, 0.25) is 5.91 Å². The van der Waals surface area contributed by atoms with E-state index >= 15 is 0 Å². The minimum atomic E-state index is -0.830. The number of hydrogen-bond donors (Lipinski definition) is 3. The van der Waals surface area contributed by atoms with Crippen LogP contribution < -0.4 is 5.32 Å². The van der Waals surface area contributed by atoms with Gasteiger partial charge in [0.1, 0.15) is 0 Å². The Bertz CT molecular complexity index is 168. The monoisotopic (exact) mass is 173 g/mol. The lowest BCUT2D eigenvalue weighted by atomic mass is 10.1. The highest BCUT2D eigenvalue weighted by Gasteiger charge is 2.15. The third-order valence-corrected chi connectivity index (χ3v) is 1.39. The van der Waals surface area contributed by atoms with E-state index in [1.807, 2.05) is 0 Å². The van der Waals surface area contributed by atoms with E-state index in [1.165, 1.54) is 13.0 Å². The minimum Gasteiger partial charge on any atom is -0.394 e. The van der Waals surface area contributed by atoms with Gasteiger partial charge in [0.15, 0.2) is 0 Å². The van der Waals surface area contributed by atoms with E-state index in [9.17, 15) is 9.90 Å². The van der Waals surface area contributed by atoms with E-state index in [0.717, 1.165) is 0 Å². The molecule has 0 heterocycles. The Labute approximate surface area is 71.9 Å². The summed E-state index contributed by atoms with van der Waals surface area (Å²) in [4.78, 5) is 10.6. The maximum Gasteiger partial charge on any atom is 0.217 e. The van der Waals surface area contributed by atoms with Gasteiger partial charge in [0, 0.05) is 6.92 Å². The molecule has 0 spiro atoms. The van der Waals surface area contributed by atoms with E-state index in [-0.39, 0.29) is 12.5 Å². The molecule has 0 radical (unpaired) electrons. The summed E-state index contributed by atoms with van der Waals surface area (Å²) in [5.74, 6) is -0.266. The van der Waals surface area contributed by atoms with Crippen LogP contribution in [0.5, 0.6) is 0 Å². The molecule has 0 bridgehead atoms. The summed E-state index contributed by atoms with van der Waals surface area (Å²) in [6, 6.07) is -0.612. The number of nitrogens with one attached hydrogen (secondary N) is 1. The first-order chi connectivity index (χ1) is 5.61. The minimum absolute atomic E-state index is 0.266. The van der Waals surface area contributed by atoms with Crippen LogP contribution >= 0.6 is 0 Å². The van der Waals surface area contributed by atoms with Gasteiger partial charge >= 0.3 is 0 Å². The van der Waals surface area contributed by atoms with Crippen LogP contribution in [-0.4, -0.2) is 34.9 Å². The second-order valence-electron chi connectivity index (χ2n) is 2.51. The van der Waals surface area contributed by atoms with E-state index < -0.39 is 12.1 Å². The number of aliphatic hydroxyl groups excluding tert-OH is 2. The van der Waals surface area contributed by atoms with Crippen LogP contribution in [0, 0.1) is 0 Å². The second kappa shape index (κ2) is 5.74. The molecule has 4 heteroatoms. The fourth-order valence-electron chi connectivity index (χ4n) is 0.831. The van der Waals surface area contributed by atoms with Crippen molar-refractivity contribution in [2.24, 2.45) is 0 Å². The highest BCUT2D eigenvalue weighted by molar-refractivity contribution is 5.73. The molecule has 0 aromatic carbocycles. The van der Waals surface area contributed by atoms with Gasteiger partial charge in [-0.3, -0.25) is 4.79 Å². The maximum absolute atomic E-state index is 10.6. The molecule has 0 aliphatic rings. The predicted molar refractivity (Wildman–Crippen MR) is 45.5 cm³/mol. The average Bonchev–Trinajstić information content (AvgIpc) is 2.00. The number of amides is 1. The molecule has 0 saturated carbocycles. The highest BCUT2D eigenvalue weighted by atomic mass is 16.3. The van der Waals surface area contributed by atoms with Crippen LogP contribution in [0.3, 0.4) is 0 Å². The molecule has 0 rings (SSSR count). The predicted octanol–water partition coefficient (Wildman–Crippen LogP) is -0.580. The Morgan fingerprint density at radius 1 is 1.67 bits per heavy atom. The van der Waals surface area contributed by atoms with Crippen LogP contribution in [0.4, 0.5) is 0 Å². The smallest absolute Gasteiger partial charge is 0.217 e. The summed E-state index contributed by atoms with van der Waals surface area (Å²) in [7, 11) is 0. The lowest BCUT2D eigenvalue weighted by Gasteiger charge is -2.18. The maximum atomic E-state index is 10.6. The van der Waals surface area contributed by atoms with Crippen molar-refractivity contribution in [1.29, 1.82) is 0 Å². The van der Waals surface area contributed by atoms with Gasteiger partial charge in [-0.2, -0.15) is 0 Å². The molecule has 2 atom stereocenters. The molecule has 1 amide bonds. The Balaban J connectivity index is 4.04. The normalized spacial score (nSPS) is 16.0. The summed E-state index contributed by atoms with van der Waals surface area (Å²) in [6.45, 7) is 2.82. The van der Waals surface area contributed by atoms with Crippen LogP contribution in [0.2, 0.25) is 0 Å². The molecule has 12 heavy (non-hydrogen) atoms. The summed E-state index contributed by atoms with van der Waals surface area (Å²) >= 11 is 0. The van der Waals surface area contributed by atoms with E-state index in [1.54, 1.807) is 13.0 Å². The number of rotatable bonds is 4. The number of carbonyl (C=O) groups is 1.